The molecule has 118 valence electrons. The average Bonchev–Trinajstić information content (AvgIpc) is 3.11. The normalized spacial score (nSPS) is 24.4. The van der Waals surface area contributed by atoms with Crippen molar-refractivity contribution >= 4 is 5.52 Å². The Morgan fingerprint density at radius 1 is 1.22 bits per heavy atom. The summed E-state index contributed by atoms with van der Waals surface area (Å²) in [6.07, 6.45) is 6.43. The Hall–Kier alpha value is -2.24. The van der Waals surface area contributed by atoms with Crippen molar-refractivity contribution in [3.8, 4) is 11.3 Å². The summed E-state index contributed by atoms with van der Waals surface area (Å²) in [5.41, 5.74) is 17.4. The van der Waals surface area contributed by atoms with Gasteiger partial charge in [-0.2, -0.15) is 5.10 Å². The van der Waals surface area contributed by atoms with Crippen molar-refractivity contribution in [2.75, 3.05) is 0 Å². The maximum atomic E-state index is 6.49. The Morgan fingerprint density at radius 3 is 2.78 bits per heavy atom. The van der Waals surface area contributed by atoms with Gasteiger partial charge in [0.1, 0.15) is 0 Å². The molecule has 3 heterocycles. The fourth-order valence-electron chi connectivity index (χ4n) is 3.54. The molecule has 1 fully saturated rings. The molecule has 0 aliphatic heterocycles. The van der Waals surface area contributed by atoms with Gasteiger partial charge in [-0.25, -0.2) is 4.52 Å². The minimum Gasteiger partial charge on any atom is -0.328 e. The van der Waals surface area contributed by atoms with Crippen molar-refractivity contribution in [1.82, 2.24) is 14.6 Å². The van der Waals surface area contributed by atoms with Gasteiger partial charge < -0.3 is 11.5 Å². The molecule has 1 aliphatic carbocycles. The fourth-order valence-corrected chi connectivity index (χ4v) is 3.54. The van der Waals surface area contributed by atoms with Crippen molar-refractivity contribution in [2.24, 2.45) is 11.5 Å². The van der Waals surface area contributed by atoms with Gasteiger partial charge in [-0.15, -0.1) is 0 Å². The summed E-state index contributed by atoms with van der Waals surface area (Å²) in [6, 6.07) is 10.5. The van der Waals surface area contributed by atoms with Crippen molar-refractivity contribution in [2.45, 2.75) is 37.8 Å². The lowest BCUT2D eigenvalue weighted by molar-refractivity contribution is 0.440. The van der Waals surface area contributed by atoms with E-state index < -0.39 is 0 Å². The summed E-state index contributed by atoms with van der Waals surface area (Å²) in [6.45, 7) is 2.06. The lowest BCUT2D eigenvalue weighted by Gasteiger charge is -2.23. The molecule has 0 bridgehead atoms. The van der Waals surface area contributed by atoms with Crippen LogP contribution in [-0.4, -0.2) is 20.6 Å². The molecule has 4 N–H and O–H groups in total. The Labute approximate surface area is 135 Å². The van der Waals surface area contributed by atoms with Gasteiger partial charge in [0.05, 0.1) is 28.6 Å². The van der Waals surface area contributed by atoms with Crippen LogP contribution in [0.4, 0.5) is 0 Å². The van der Waals surface area contributed by atoms with Gasteiger partial charge in [0.15, 0.2) is 0 Å². The maximum absolute atomic E-state index is 6.49. The van der Waals surface area contributed by atoms with Crippen molar-refractivity contribution < 1.29 is 0 Å². The Bertz CT molecular complexity index is 851. The van der Waals surface area contributed by atoms with E-state index in [0.29, 0.717) is 0 Å². The summed E-state index contributed by atoms with van der Waals surface area (Å²) in [5, 5.41) is 4.47. The topological polar surface area (TPSA) is 82.2 Å². The summed E-state index contributed by atoms with van der Waals surface area (Å²) in [7, 11) is 0. The number of rotatable bonds is 2. The summed E-state index contributed by atoms with van der Waals surface area (Å²) in [5.74, 6) is 0. The van der Waals surface area contributed by atoms with Crippen LogP contribution >= 0.6 is 0 Å². The number of hydrogen-bond acceptors (Lipinski definition) is 4. The number of aryl methyl sites for hydroxylation is 1. The average molecular weight is 307 g/mol. The van der Waals surface area contributed by atoms with Crippen molar-refractivity contribution in [3.63, 3.8) is 0 Å². The van der Waals surface area contributed by atoms with E-state index in [0.717, 1.165) is 47.3 Å². The molecular formula is C18H21N5. The second-order valence-corrected chi connectivity index (χ2v) is 6.63. The molecule has 1 saturated carbocycles. The van der Waals surface area contributed by atoms with Gasteiger partial charge in [0.25, 0.3) is 0 Å². The molecule has 0 spiro atoms. The second kappa shape index (κ2) is 5.15. The third kappa shape index (κ3) is 2.33. The van der Waals surface area contributed by atoms with Crippen LogP contribution < -0.4 is 11.5 Å². The molecule has 3 aromatic heterocycles. The minimum atomic E-state index is -0.383. The molecule has 0 amide bonds. The number of nitrogens with zero attached hydrogens (tertiary/aromatic N) is 3. The SMILES string of the molecule is Cc1cnn2c(-c3ccc(C4(N)CCC(N)C4)nc3)cccc12. The Balaban J connectivity index is 1.73. The molecule has 0 aromatic carbocycles. The van der Waals surface area contributed by atoms with E-state index in [9.17, 15) is 0 Å². The van der Waals surface area contributed by atoms with E-state index in [4.69, 9.17) is 11.5 Å². The molecule has 2 atom stereocenters. The van der Waals surface area contributed by atoms with Gasteiger partial charge in [-0.3, -0.25) is 4.98 Å². The molecule has 4 rings (SSSR count). The van der Waals surface area contributed by atoms with Crippen molar-refractivity contribution in [3.05, 3.63) is 54.0 Å². The van der Waals surface area contributed by atoms with Crippen LogP contribution in [0.3, 0.4) is 0 Å². The molecule has 2 unspecified atom stereocenters. The molecule has 5 nitrogen and oxygen atoms in total. The van der Waals surface area contributed by atoms with Gasteiger partial charge in [-0.05, 0) is 56.0 Å². The van der Waals surface area contributed by atoms with Crippen LogP contribution in [0.2, 0.25) is 0 Å². The molecular weight excluding hydrogens is 286 g/mol. The van der Waals surface area contributed by atoms with Gasteiger partial charge in [0, 0.05) is 17.8 Å². The summed E-state index contributed by atoms with van der Waals surface area (Å²) >= 11 is 0. The number of fused-ring (bicyclic) bond motifs is 1. The quantitative estimate of drug-likeness (QED) is 0.761. The number of aromatic nitrogens is 3. The van der Waals surface area contributed by atoms with E-state index in [1.54, 1.807) is 0 Å². The molecule has 5 heteroatoms. The lowest BCUT2D eigenvalue weighted by atomic mass is 9.93. The zero-order chi connectivity index (χ0) is 16.0. The first kappa shape index (κ1) is 14.4. The van der Waals surface area contributed by atoms with E-state index in [-0.39, 0.29) is 11.6 Å². The third-order valence-electron chi connectivity index (χ3n) is 4.89. The highest BCUT2D eigenvalue weighted by molar-refractivity contribution is 5.65. The van der Waals surface area contributed by atoms with Gasteiger partial charge in [0.2, 0.25) is 0 Å². The van der Waals surface area contributed by atoms with Crippen LogP contribution in [-0.2, 0) is 5.54 Å². The van der Waals surface area contributed by atoms with Crippen LogP contribution in [0.25, 0.3) is 16.8 Å². The lowest BCUT2D eigenvalue weighted by Crippen LogP contribution is -2.36. The molecule has 0 radical (unpaired) electrons. The predicted molar refractivity (Wildman–Crippen MR) is 90.9 cm³/mol. The molecule has 0 saturated heterocycles. The van der Waals surface area contributed by atoms with E-state index in [1.807, 2.05) is 29.0 Å². The molecule has 1 aliphatic rings. The molecule has 3 aromatic rings. The standard InChI is InChI=1S/C18H21N5/c1-12-10-22-23-15(12)3-2-4-16(23)13-5-6-17(21-11-13)18(20)8-7-14(19)9-18/h2-6,10-11,14H,7-9,19-20H2,1H3. The van der Waals surface area contributed by atoms with Crippen LogP contribution in [0, 0.1) is 6.92 Å². The van der Waals surface area contributed by atoms with E-state index in [1.165, 1.54) is 0 Å². The zero-order valence-corrected chi connectivity index (χ0v) is 13.2. The van der Waals surface area contributed by atoms with Crippen LogP contribution in [0.1, 0.15) is 30.5 Å². The van der Waals surface area contributed by atoms with E-state index in [2.05, 4.69) is 35.2 Å². The minimum absolute atomic E-state index is 0.183. The Kier molecular flexibility index (Phi) is 3.21. The largest absolute Gasteiger partial charge is 0.328 e. The number of nitrogens with two attached hydrogens (primary N) is 2. The fraction of sp³-hybridized carbons (Fsp3) is 0.333. The highest BCUT2D eigenvalue weighted by Gasteiger charge is 2.36. The zero-order valence-electron chi connectivity index (χ0n) is 13.2. The van der Waals surface area contributed by atoms with Crippen LogP contribution in [0.5, 0.6) is 0 Å². The van der Waals surface area contributed by atoms with E-state index >= 15 is 0 Å². The highest BCUT2D eigenvalue weighted by Crippen LogP contribution is 2.35. The monoisotopic (exact) mass is 307 g/mol. The number of hydrogen-bond donors (Lipinski definition) is 2. The summed E-state index contributed by atoms with van der Waals surface area (Å²) in [4.78, 5) is 4.64. The molecule has 23 heavy (non-hydrogen) atoms. The predicted octanol–water partition coefficient (Wildman–Crippen LogP) is 2.37. The second-order valence-electron chi connectivity index (χ2n) is 6.63. The van der Waals surface area contributed by atoms with Gasteiger partial charge in [-0.1, -0.05) is 6.07 Å². The highest BCUT2D eigenvalue weighted by atomic mass is 15.2. The van der Waals surface area contributed by atoms with Gasteiger partial charge >= 0.3 is 0 Å². The third-order valence-corrected chi connectivity index (χ3v) is 4.89. The Morgan fingerprint density at radius 2 is 2.09 bits per heavy atom. The first-order chi connectivity index (χ1) is 11.1. The van der Waals surface area contributed by atoms with Crippen LogP contribution in [0.15, 0.2) is 42.7 Å². The van der Waals surface area contributed by atoms with Crippen molar-refractivity contribution in [1.29, 1.82) is 0 Å². The first-order valence-corrected chi connectivity index (χ1v) is 8.01. The number of pyridine rings is 2. The first-order valence-electron chi connectivity index (χ1n) is 8.01. The smallest absolute Gasteiger partial charge is 0.0740 e. The summed E-state index contributed by atoms with van der Waals surface area (Å²) < 4.78 is 1.95. The maximum Gasteiger partial charge on any atom is 0.0740 e.